The average molecular weight is 261 g/mol. The number of benzene rings is 1. The van der Waals surface area contributed by atoms with E-state index in [2.05, 4.69) is 52.6 Å². The molecule has 0 radical (unpaired) electrons. The van der Waals surface area contributed by atoms with Crippen molar-refractivity contribution in [2.75, 3.05) is 14.2 Å². The molecule has 0 amide bonds. The van der Waals surface area contributed by atoms with E-state index in [1.54, 1.807) is 7.11 Å². The first-order valence-electron chi connectivity index (χ1n) is 6.75. The topological polar surface area (TPSA) is 21.3 Å². The van der Waals surface area contributed by atoms with Crippen molar-refractivity contribution in [3.8, 4) is 5.75 Å². The van der Waals surface area contributed by atoms with Crippen molar-refractivity contribution in [3.63, 3.8) is 0 Å². The van der Waals surface area contributed by atoms with Crippen molar-refractivity contribution < 1.29 is 4.74 Å². The Kier molecular flexibility index (Phi) is 4.67. The molecule has 1 rings (SSSR count). The van der Waals surface area contributed by atoms with Crippen molar-refractivity contribution in [2.24, 2.45) is 0 Å². The van der Waals surface area contributed by atoms with Gasteiger partial charge in [0.1, 0.15) is 5.75 Å². The quantitative estimate of drug-likeness (QED) is 0.888. The summed E-state index contributed by atoms with van der Waals surface area (Å²) < 4.78 is 5.66. The van der Waals surface area contributed by atoms with Crippen LogP contribution in [0.3, 0.4) is 0 Å². The lowest BCUT2D eigenvalue weighted by molar-refractivity contribution is 0.393. The molecule has 0 saturated carbocycles. The third-order valence-electron chi connectivity index (χ3n) is 3.63. The highest BCUT2D eigenvalue weighted by atomic mass is 16.5. The van der Waals surface area contributed by atoms with E-state index in [-0.39, 0.29) is 5.41 Å². The van der Waals surface area contributed by atoms with Crippen LogP contribution in [0.5, 0.6) is 5.75 Å². The summed E-state index contributed by atoms with van der Waals surface area (Å²) >= 11 is 0. The van der Waals surface area contributed by atoms with E-state index >= 15 is 0 Å². The van der Waals surface area contributed by atoms with Crippen molar-refractivity contribution in [1.82, 2.24) is 5.32 Å². The monoisotopic (exact) mass is 261 g/mol. The second-order valence-electron chi connectivity index (χ2n) is 6.16. The maximum absolute atomic E-state index is 5.66. The van der Waals surface area contributed by atoms with Crippen molar-refractivity contribution >= 4 is 0 Å². The summed E-state index contributed by atoms with van der Waals surface area (Å²) in [6, 6.07) is 2.25. The molecule has 1 aromatic rings. The smallest absolute Gasteiger partial charge is 0.125 e. The van der Waals surface area contributed by atoms with Gasteiger partial charge in [-0.15, -0.1) is 0 Å². The summed E-state index contributed by atoms with van der Waals surface area (Å²) in [4.78, 5) is 0. The molecule has 1 aromatic carbocycles. The predicted octanol–water partition coefficient (Wildman–Crippen LogP) is 3.89. The molecular weight excluding hydrogens is 234 g/mol. The molecule has 0 bridgehead atoms. The zero-order valence-electron chi connectivity index (χ0n) is 13.4. The van der Waals surface area contributed by atoms with Gasteiger partial charge in [0.2, 0.25) is 0 Å². The number of ether oxygens (including phenoxy) is 1. The molecule has 0 aliphatic rings. The lowest BCUT2D eigenvalue weighted by atomic mass is 9.82. The van der Waals surface area contributed by atoms with Crippen molar-refractivity contribution in [2.45, 2.75) is 46.5 Å². The van der Waals surface area contributed by atoms with E-state index in [9.17, 15) is 0 Å². The Bertz CT molecular complexity index is 481. The first-order valence-corrected chi connectivity index (χ1v) is 6.75. The Morgan fingerprint density at radius 2 is 1.89 bits per heavy atom. The highest BCUT2D eigenvalue weighted by Gasteiger charge is 2.23. The molecule has 0 unspecified atom stereocenters. The van der Waals surface area contributed by atoms with Gasteiger partial charge in [-0.25, -0.2) is 0 Å². The van der Waals surface area contributed by atoms with Crippen LogP contribution in [0.2, 0.25) is 0 Å². The minimum absolute atomic E-state index is 0.0827. The minimum Gasteiger partial charge on any atom is -0.496 e. The number of nitrogens with one attached hydrogen (secondary N) is 1. The van der Waals surface area contributed by atoms with E-state index < -0.39 is 0 Å². The van der Waals surface area contributed by atoms with Crippen molar-refractivity contribution in [3.05, 3.63) is 40.6 Å². The summed E-state index contributed by atoms with van der Waals surface area (Å²) in [7, 11) is 3.66. The summed E-state index contributed by atoms with van der Waals surface area (Å²) in [6.07, 6.45) is 0.842. The maximum atomic E-state index is 5.66. The zero-order valence-corrected chi connectivity index (χ0v) is 13.4. The Balaban J connectivity index is 3.42. The van der Waals surface area contributed by atoms with Gasteiger partial charge in [0.25, 0.3) is 0 Å². The predicted molar refractivity (Wildman–Crippen MR) is 83.1 cm³/mol. The normalized spacial score (nSPS) is 11.3. The van der Waals surface area contributed by atoms with Gasteiger partial charge in [-0.05, 0) is 36.0 Å². The van der Waals surface area contributed by atoms with Crippen LogP contribution in [0, 0.1) is 13.8 Å². The van der Waals surface area contributed by atoms with Crippen molar-refractivity contribution in [1.29, 1.82) is 0 Å². The van der Waals surface area contributed by atoms with Crippen LogP contribution >= 0.6 is 0 Å². The highest BCUT2D eigenvalue weighted by Crippen LogP contribution is 2.37. The van der Waals surface area contributed by atoms with E-state index in [4.69, 9.17) is 4.74 Å². The molecule has 0 heterocycles. The van der Waals surface area contributed by atoms with Gasteiger partial charge in [-0.3, -0.25) is 0 Å². The van der Waals surface area contributed by atoms with E-state index in [1.165, 1.54) is 22.3 Å². The first kappa shape index (κ1) is 15.6. The number of rotatable bonds is 4. The Morgan fingerprint density at radius 3 is 2.32 bits per heavy atom. The highest BCUT2D eigenvalue weighted by molar-refractivity contribution is 5.53. The van der Waals surface area contributed by atoms with Gasteiger partial charge in [0.05, 0.1) is 7.11 Å². The van der Waals surface area contributed by atoms with Crippen LogP contribution in [0.15, 0.2) is 18.3 Å². The van der Waals surface area contributed by atoms with Gasteiger partial charge >= 0.3 is 0 Å². The SMILES string of the molecule is C=C(Cc1c(C)cc(C(C)(C)C)c(OC)c1C)NC. The average Bonchev–Trinajstić information content (AvgIpc) is 2.32. The fourth-order valence-corrected chi connectivity index (χ4v) is 2.40. The fraction of sp³-hybridized carbons (Fsp3) is 0.529. The molecule has 2 heteroatoms. The van der Waals surface area contributed by atoms with Crippen LogP contribution < -0.4 is 10.1 Å². The standard InChI is InChI=1S/C17H27NO/c1-11-9-15(17(4,5)6)16(19-8)13(3)14(11)10-12(2)18-7/h9,18H,2,10H2,1,3-8H3. The Labute approximate surface area is 117 Å². The molecular formula is C17H27NO. The third-order valence-corrected chi connectivity index (χ3v) is 3.63. The number of allylic oxidation sites excluding steroid dienone is 1. The van der Waals surface area contributed by atoms with E-state index in [0.29, 0.717) is 0 Å². The maximum Gasteiger partial charge on any atom is 0.125 e. The third kappa shape index (κ3) is 3.31. The molecule has 106 valence electrons. The molecule has 0 aliphatic heterocycles. The van der Waals surface area contributed by atoms with E-state index in [1.807, 2.05) is 7.05 Å². The molecule has 0 saturated heterocycles. The molecule has 1 N–H and O–H groups in total. The van der Waals surface area contributed by atoms with Gasteiger partial charge in [-0.2, -0.15) is 0 Å². The van der Waals surface area contributed by atoms with Crippen LogP contribution in [0.25, 0.3) is 0 Å². The molecule has 19 heavy (non-hydrogen) atoms. The summed E-state index contributed by atoms with van der Waals surface area (Å²) in [6.45, 7) is 15.0. The molecule has 0 fully saturated rings. The summed E-state index contributed by atoms with van der Waals surface area (Å²) in [5, 5.41) is 3.11. The number of hydrogen-bond acceptors (Lipinski definition) is 2. The molecule has 2 nitrogen and oxygen atoms in total. The molecule has 0 spiro atoms. The number of aryl methyl sites for hydroxylation is 1. The number of methoxy groups -OCH3 is 1. The van der Waals surface area contributed by atoms with Crippen LogP contribution in [-0.2, 0) is 11.8 Å². The largest absolute Gasteiger partial charge is 0.496 e. The number of hydrogen-bond donors (Lipinski definition) is 1. The summed E-state index contributed by atoms with van der Waals surface area (Å²) in [5.41, 5.74) is 6.22. The second-order valence-corrected chi connectivity index (χ2v) is 6.16. The van der Waals surface area contributed by atoms with Crippen LogP contribution in [0.1, 0.15) is 43.0 Å². The molecule has 0 aliphatic carbocycles. The zero-order chi connectivity index (χ0) is 14.8. The molecule has 0 aromatic heterocycles. The fourth-order valence-electron chi connectivity index (χ4n) is 2.40. The van der Waals surface area contributed by atoms with Crippen LogP contribution in [-0.4, -0.2) is 14.2 Å². The number of likely N-dealkylation sites (N-methyl/N-ethyl adjacent to an activating group) is 1. The lowest BCUT2D eigenvalue weighted by Gasteiger charge is -2.26. The lowest BCUT2D eigenvalue weighted by Crippen LogP contribution is -2.16. The van der Waals surface area contributed by atoms with Gasteiger partial charge < -0.3 is 10.1 Å². The van der Waals surface area contributed by atoms with Gasteiger partial charge in [-0.1, -0.05) is 33.4 Å². The van der Waals surface area contributed by atoms with E-state index in [0.717, 1.165) is 17.9 Å². The van der Waals surface area contributed by atoms with Gasteiger partial charge in [0.15, 0.2) is 0 Å². The molecule has 0 atom stereocenters. The van der Waals surface area contributed by atoms with Gasteiger partial charge in [0, 0.05) is 24.7 Å². The van der Waals surface area contributed by atoms with Crippen LogP contribution in [0.4, 0.5) is 0 Å². The second kappa shape index (κ2) is 5.68. The Hall–Kier alpha value is -1.44. The first-order chi connectivity index (χ1) is 8.72. The Morgan fingerprint density at radius 1 is 1.32 bits per heavy atom. The minimum atomic E-state index is 0.0827. The summed E-state index contributed by atoms with van der Waals surface area (Å²) in [5.74, 6) is 1.01.